The molecule has 2 heterocycles. The summed E-state index contributed by atoms with van der Waals surface area (Å²) in [7, 11) is 3.16. The molecule has 0 N–H and O–H groups in total. The van der Waals surface area contributed by atoms with Crippen LogP contribution in [0, 0.1) is 17.7 Å². The third kappa shape index (κ3) is 6.57. The molecule has 0 unspecified atom stereocenters. The molecule has 186 valence electrons. The average molecular weight is 479 g/mol. The number of nitrogens with zero attached hydrogens (tertiary/aromatic N) is 2. The second kappa shape index (κ2) is 12.1. The van der Waals surface area contributed by atoms with Crippen LogP contribution in [0.1, 0.15) is 36.8 Å². The third-order valence-electron chi connectivity index (χ3n) is 7.23. The number of halogens is 1. The van der Waals surface area contributed by atoms with E-state index in [1.807, 2.05) is 24.4 Å². The first-order valence-corrected chi connectivity index (χ1v) is 12.5. The van der Waals surface area contributed by atoms with Crippen LogP contribution in [0.15, 0.2) is 54.7 Å². The highest BCUT2D eigenvalue weighted by atomic mass is 19.1. The van der Waals surface area contributed by atoms with Crippen molar-refractivity contribution in [1.29, 1.82) is 0 Å². The molecule has 0 spiro atoms. The lowest BCUT2D eigenvalue weighted by atomic mass is 9.81. The molecule has 5 nitrogen and oxygen atoms in total. The zero-order valence-electron chi connectivity index (χ0n) is 20.7. The Hall–Kier alpha value is -2.99. The Morgan fingerprint density at radius 3 is 2.80 bits per heavy atom. The Morgan fingerprint density at radius 2 is 2.00 bits per heavy atom. The van der Waals surface area contributed by atoms with Crippen LogP contribution in [0.2, 0.25) is 0 Å². The monoisotopic (exact) mass is 478 g/mol. The quantitative estimate of drug-likeness (QED) is 0.363. The summed E-state index contributed by atoms with van der Waals surface area (Å²) in [5.41, 5.74) is 3.26. The van der Waals surface area contributed by atoms with Crippen molar-refractivity contribution < 1.29 is 18.7 Å². The Bertz CT molecular complexity index is 1140. The van der Waals surface area contributed by atoms with Gasteiger partial charge in [0, 0.05) is 18.1 Å². The molecule has 1 aromatic heterocycles. The van der Waals surface area contributed by atoms with Gasteiger partial charge in [0.2, 0.25) is 0 Å². The molecule has 1 aliphatic heterocycles. The number of aryl methyl sites for hydroxylation is 2. The van der Waals surface area contributed by atoms with Crippen molar-refractivity contribution in [3.8, 4) is 5.75 Å². The average Bonchev–Trinajstić information content (AvgIpc) is 2.88. The molecule has 0 radical (unpaired) electrons. The smallest absolute Gasteiger partial charge is 0.310 e. The van der Waals surface area contributed by atoms with Gasteiger partial charge in [-0.25, -0.2) is 4.39 Å². The van der Waals surface area contributed by atoms with Crippen LogP contribution >= 0.6 is 0 Å². The number of likely N-dealkylation sites (tertiary alicyclic amines) is 1. The summed E-state index contributed by atoms with van der Waals surface area (Å²) in [6, 6.07) is 14.9. The van der Waals surface area contributed by atoms with E-state index in [0.29, 0.717) is 5.92 Å². The van der Waals surface area contributed by atoms with E-state index in [0.717, 1.165) is 80.4 Å². The van der Waals surface area contributed by atoms with Gasteiger partial charge in [0.05, 0.1) is 25.7 Å². The molecule has 1 fully saturated rings. The minimum atomic E-state index is -0.187. The standard InChI is InChI=1S/C29H35FN2O3/c1-34-25-11-12-28-26(19-25)22(13-15-31-28)8-4-9-23-14-17-32(20-27(23)29(33)35-2)16-5-7-21-6-3-10-24(30)18-21/h3,6,10-13,15,18-19,23,27H,4-5,7-9,14,16-17,20H2,1-2H3/t23-,27+/m1/s1. The second-order valence-corrected chi connectivity index (χ2v) is 9.46. The molecule has 3 aromatic rings. The molecule has 2 atom stereocenters. The number of methoxy groups -OCH3 is 2. The molecule has 0 bridgehead atoms. The van der Waals surface area contributed by atoms with Crippen molar-refractivity contribution in [2.24, 2.45) is 11.8 Å². The summed E-state index contributed by atoms with van der Waals surface area (Å²) in [6.07, 6.45) is 7.58. The maximum absolute atomic E-state index is 13.4. The van der Waals surface area contributed by atoms with Gasteiger partial charge in [0.1, 0.15) is 11.6 Å². The van der Waals surface area contributed by atoms with Gasteiger partial charge in [-0.15, -0.1) is 0 Å². The molecule has 1 saturated heterocycles. The Kier molecular flexibility index (Phi) is 8.69. The Morgan fingerprint density at radius 1 is 1.11 bits per heavy atom. The fourth-order valence-corrected chi connectivity index (χ4v) is 5.32. The highest BCUT2D eigenvalue weighted by Gasteiger charge is 2.34. The van der Waals surface area contributed by atoms with Crippen LogP contribution in [-0.2, 0) is 22.4 Å². The number of piperidine rings is 1. The van der Waals surface area contributed by atoms with E-state index in [1.165, 1.54) is 18.7 Å². The lowest BCUT2D eigenvalue weighted by Gasteiger charge is -2.37. The Labute approximate surface area is 207 Å². The minimum absolute atomic E-state index is 0.0998. The van der Waals surface area contributed by atoms with Crippen molar-refractivity contribution >= 4 is 16.9 Å². The van der Waals surface area contributed by atoms with Gasteiger partial charge >= 0.3 is 5.97 Å². The maximum atomic E-state index is 13.4. The number of esters is 1. The fourth-order valence-electron chi connectivity index (χ4n) is 5.32. The van der Waals surface area contributed by atoms with Crippen LogP contribution in [0.4, 0.5) is 4.39 Å². The number of ether oxygens (including phenoxy) is 2. The Balaban J connectivity index is 1.31. The van der Waals surface area contributed by atoms with Crippen molar-refractivity contribution in [2.75, 3.05) is 33.9 Å². The SMILES string of the molecule is COC(=O)[C@H]1CN(CCCc2cccc(F)c2)CC[C@H]1CCCc1ccnc2ccc(OC)cc12. The summed E-state index contributed by atoms with van der Waals surface area (Å²) in [5, 5.41) is 1.13. The van der Waals surface area contributed by atoms with Crippen molar-refractivity contribution in [3.63, 3.8) is 0 Å². The summed E-state index contributed by atoms with van der Waals surface area (Å²) < 4.78 is 24.0. The van der Waals surface area contributed by atoms with Crippen LogP contribution in [0.25, 0.3) is 10.9 Å². The minimum Gasteiger partial charge on any atom is -0.497 e. The van der Waals surface area contributed by atoms with Crippen molar-refractivity contribution in [1.82, 2.24) is 9.88 Å². The van der Waals surface area contributed by atoms with Crippen molar-refractivity contribution in [2.45, 2.75) is 38.5 Å². The highest BCUT2D eigenvalue weighted by Crippen LogP contribution is 2.31. The lowest BCUT2D eigenvalue weighted by Crippen LogP contribution is -2.44. The largest absolute Gasteiger partial charge is 0.497 e. The third-order valence-corrected chi connectivity index (χ3v) is 7.23. The predicted octanol–water partition coefficient (Wildman–Crippen LogP) is 5.45. The molecule has 0 saturated carbocycles. The number of pyridine rings is 1. The van der Waals surface area contributed by atoms with Gasteiger partial charge < -0.3 is 14.4 Å². The normalized spacial score (nSPS) is 18.5. The van der Waals surface area contributed by atoms with E-state index < -0.39 is 0 Å². The van der Waals surface area contributed by atoms with E-state index in [9.17, 15) is 9.18 Å². The number of benzene rings is 2. The fraction of sp³-hybridized carbons (Fsp3) is 0.448. The number of aromatic nitrogens is 1. The summed E-state index contributed by atoms with van der Waals surface area (Å²) in [6.45, 7) is 2.62. The molecule has 1 aliphatic rings. The zero-order valence-corrected chi connectivity index (χ0v) is 20.7. The van der Waals surface area contributed by atoms with Gasteiger partial charge in [0.25, 0.3) is 0 Å². The second-order valence-electron chi connectivity index (χ2n) is 9.46. The molecule has 0 amide bonds. The molecular weight excluding hydrogens is 443 g/mol. The lowest BCUT2D eigenvalue weighted by molar-refractivity contribution is -0.150. The molecule has 0 aliphatic carbocycles. The summed E-state index contributed by atoms with van der Waals surface area (Å²) >= 11 is 0. The number of carbonyl (C=O) groups is 1. The van der Waals surface area contributed by atoms with E-state index in [-0.39, 0.29) is 17.7 Å². The number of hydrogen-bond donors (Lipinski definition) is 0. The van der Waals surface area contributed by atoms with E-state index >= 15 is 0 Å². The summed E-state index contributed by atoms with van der Waals surface area (Å²) in [4.78, 5) is 19.5. The number of hydrogen-bond acceptors (Lipinski definition) is 5. The topological polar surface area (TPSA) is 51.7 Å². The first-order valence-electron chi connectivity index (χ1n) is 12.5. The highest BCUT2D eigenvalue weighted by molar-refractivity contribution is 5.83. The molecular formula is C29H35FN2O3. The molecule has 2 aromatic carbocycles. The van der Waals surface area contributed by atoms with Crippen LogP contribution in [0.5, 0.6) is 5.75 Å². The number of carbonyl (C=O) groups excluding carboxylic acids is 1. The number of rotatable bonds is 10. The van der Waals surface area contributed by atoms with Crippen molar-refractivity contribution in [3.05, 3.63) is 71.7 Å². The van der Waals surface area contributed by atoms with E-state index in [2.05, 4.69) is 22.0 Å². The van der Waals surface area contributed by atoms with E-state index in [4.69, 9.17) is 9.47 Å². The molecule has 4 rings (SSSR count). The van der Waals surface area contributed by atoms with Gasteiger partial charge in [-0.3, -0.25) is 9.78 Å². The molecule has 35 heavy (non-hydrogen) atoms. The van der Waals surface area contributed by atoms with Crippen LogP contribution < -0.4 is 4.74 Å². The zero-order chi connectivity index (χ0) is 24.6. The van der Waals surface area contributed by atoms with Gasteiger partial charge in [0.15, 0.2) is 0 Å². The number of fused-ring (bicyclic) bond motifs is 1. The first-order chi connectivity index (χ1) is 17.1. The van der Waals surface area contributed by atoms with Gasteiger partial charge in [-0.1, -0.05) is 12.1 Å². The summed E-state index contributed by atoms with van der Waals surface area (Å²) in [5.74, 6) is 0.765. The van der Waals surface area contributed by atoms with Gasteiger partial charge in [-0.2, -0.15) is 0 Å². The maximum Gasteiger partial charge on any atom is 0.310 e. The van der Waals surface area contributed by atoms with E-state index in [1.54, 1.807) is 19.2 Å². The predicted molar refractivity (Wildman–Crippen MR) is 136 cm³/mol. The van der Waals surface area contributed by atoms with Gasteiger partial charge in [-0.05, 0) is 105 Å². The first kappa shape index (κ1) is 25.1. The van der Waals surface area contributed by atoms with Crippen LogP contribution in [-0.4, -0.2) is 49.7 Å². The molecule has 6 heteroatoms. The van der Waals surface area contributed by atoms with Crippen LogP contribution in [0.3, 0.4) is 0 Å².